The normalized spacial score (nSPS) is 13.3. The van der Waals surface area contributed by atoms with Crippen molar-refractivity contribution in [3.05, 3.63) is 23.9 Å². The molecule has 0 rings (SSSR count). The van der Waals surface area contributed by atoms with Crippen molar-refractivity contribution in [2.45, 2.75) is 20.8 Å². The highest BCUT2D eigenvalue weighted by atomic mass is 14.6. The Balaban J connectivity index is 5.01. The second kappa shape index (κ2) is 3.25. The molecular formula is C9H14N2. The largest absolute Gasteiger partial charge is 0.390 e. The van der Waals surface area contributed by atoms with Gasteiger partial charge in [0.15, 0.2) is 0 Å². The number of rotatable bonds is 1. The maximum absolute atomic E-state index is 8.52. The molecule has 2 nitrogen and oxygen atoms in total. The molecule has 0 fully saturated rings. The number of hydrogen-bond acceptors (Lipinski definition) is 2. The van der Waals surface area contributed by atoms with Crippen molar-refractivity contribution in [2.24, 2.45) is 11.1 Å². The number of nitriles is 1. The van der Waals surface area contributed by atoms with Crippen molar-refractivity contribution >= 4 is 0 Å². The van der Waals surface area contributed by atoms with Gasteiger partial charge in [-0.05, 0) is 11.0 Å². The van der Waals surface area contributed by atoms with Crippen LogP contribution in [-0.2, 0) is 0 Å². The fourth-order valence-corrected chi connectivity index (χ4v) is 0.880. The summed E-state index contributed by atoms with van der Waals surface area (Å²) in [6.07, 6.45) is 1.64. The van der Waals surface area contributed by atoms with Crippen LogP contribution in [0.5, 0.6) is 0 Å². The summed E-state index contributed by atoms with van der Waals surface area (Å²) < 4.78 is 0. The van der Waals surface area contributed by atoms with Crippen LogP contribution < -0.4 is 5.73 Å². The standard InChI is InChI=1S/C9H14N2/c1-5-7(8(11)6-10)9(2,3)4/h5H,1,11H2,2-4H3/b8-7+. The zero-order valence-electron chi connectivity index (χ0n) is 7.31. The van der Waals surface area contributed by atoms with E-state index in [1.807, 2.05) is 26.8 Å². The van der Waals surface area contributed by atoms with Crippen molar-refractivity contribution in [3.63, 3.8) is 0 Å². The van der Waals surface area contributed by atoms with Gasteiger partial charge in [0.05, 0.1) is 0 Å². The lowest BCUT2D eigenvalue weighted by atomic mass is 9.85. The van der Waals surface area contributed by atoms with Crippen LogP contribution in [0, 0.1) is 16.7 Å². The first kappa shape index (κ1) is 9.77. The van der Waals surface area contributed by atoms with Crippen molar-refractivity contribution in [1.82, 2.24) is 0 Å². The quantitative estimate of drug-likeness (QED) is 0.459. The molecule has 11 heavy (non-hydrogen) atoms. The van der Waals surface area contributed by atoms with Crippen LogP contribution in [0.15, 0.2) is 23.9 Å². The summed E-state index contributed by atoms with van der Waals surface area (Å²) in [6, 6.07) is 1.91. The summed E-state index contributed by atoms with van der Waals surface area (Å²) in [6.45, 7) is 9.59. The second-order valence-electron chi connectivity index (χ2n) is 3.39. The highest BCUT2D eigenvalue weighted by molar-refractivity contribution is 5.35. The van der Waals surface area contributed by atoms with E-state index in [4.69, 9.17) is 11.0 Å². The van der Waals surface area contributed by atoms with E-state index in [0.29, 0.717) is 0 Å². The minimum atomic E-state index is -0.0957. The average Bonchev–Trinajstić information content (AvgIpc) is 1.86. The van der Waals surface area contributed by atoms with E-state index < -0.39 is 0 Å². The molecule has 0 saturated carbocycles. The molecule has 0 amide bonds. The summed E-state index contributed by atoms with van der Waals surface area (Å²) in [5.41, 5.74) is 6.43. The Bertz CT molecular complexity index is 223. The molecule has 0 aliphatic carbocycles. The Hall–Kier alpha value is -1.23. The van der Waals surface area contributed by atoms with Crippen LogP contribution in [0.3, 0.4) is 0 Å². The fourth-order valence-electron chi connectivity index (χ4n) is 0.880. The van der Waals surface area contributed by atoms with Crippen LogP contribution in [0.25, 0.3) is 0 Å². The first-order valence-electron chi connectivity index (χ1n) is 3.46. The fraction of sp³-hybridized carbons (Fsp3) is 0.444. The molecule has 0 unspecified atom stereocenters. The van der Waals surface area contributed by atoms with Gasteiger partial charge in [-0.2, -0.15) is 5.26 Å². The SMILES string of the molecule is C=C/C(=C(\N)C#N)C(C)(C)C. The van der Waals surface area contributed by atoms with Gasteiger partial charge in [-0.15, -0.1) is 0 Å². The van der Waals surface area contributed by atoms with Crippen LogP contribution in [0.2, 0.25) is 0 Å². The van der Waals surface area contributed by atoms with Gasteiger partial charge in [0, 0.05) is 0 Å². The zero-order chi connectivity index (χ0) is 9.07. The van der Waals surface area contributed by atoms with Crippen molar-refractivity contribution in [1.29, 1.82) is 5.26 Å². The van der Waals surface area contributed by atoms with Crippen molar-refractivity contribution in [2.75, 3.05) is 0 Å². The third-order valence-electron chi connectivity index (χ3n) is 1.42. The van der Waals surface area contributed by atoms with Gasteiger partial charge < -0.3 is 5.73 Å². The van der Waals surface area contributed by atoms with E-state index in [9.17, 15) is 0 Å². The van der Waals surface area contributed by atoms with E-state index in [-0.39, 0.29) is 11.1 Å². The average molecular weight is 150 g/mol. The molecule has 0 aromatic heterocycles. The molecule has 0 radical (unpaired) electrons. The topological polar surface area (TPSA) is 49.8 Å². The van der Waals surface area contributed by atoms with Crippen molar-refractivity contribution in [3.8, 4) is 6.07 Å². The van der Waals surface area contributed by atoms with Gasteiger partial charge in [0.2, 0.25) is 0 Å². The molecule has 0 atom stereocenters. The van der Waals surface area contributed by atoms with Gasteiger partial charge in [0.1, 0.15) is 11.8 Å². The van der Waals surface area contributed by atoms with Gasteiger partial charge in [-0.3, -0.25) is 0 Å². The molecule has 0 aliphatic heterocycles. The molecule has 0 aromatic rings. The Kier molecular flexibility index (Phi) is 2.88. The molecule has 0 aliphatic rings. The molecular weight excluding hydrogens is 136 g/mol. The Morgan fingerprint density at radius 2 is 2.00 bits per heavy atom. The first-order chi connectivity index (χ1) is 4.93. The van der Waals surface area contributed by atoms with Crippen LogP contribution in [0.1, 0.15) is 20.8 Å². The van der Waals surface area contributed by atoms with E-state index in [0.717, 1.165) is 5.57 Å². The Morgan fingerprint density at radius 3 is 2.09 bits per heavy atom. The predicted octanol–water partition coefficient (Wildman–Crippen LogP) is 1.95. The molecule has 0 aromatic carbocycles. The monoisotopic (exact) mass is 150 g/mol. The molecule has 60 valence electrons. The van der Waals surface area contributed by atoms with Crippen molar-refractivity contribution < 1.29 is 0 Å². The minimum absolute atomic E-state index is 0.0957. The highest BCUT2D eigenvalue weighted by Gasteiger charge is 2.16. The van der Waals surface area contributed by atoms with Gasteiger partial charge in [-0.25, -0.2) is 0 Å². The lowest BCUT2D eigenvalue weighted by Gasteiger charge is -2.20. The smallest absolute Gasteiger partial charge is 0.117 e. The summed E-state index contributed by atoms with van der Waals surface area (Å²) in [4.78, 5) is 0. The molecule has 0 bridgehead atoms. The van der Waals surface area contributed by atoms with E-state index in [2.05, 4.69) is 6.58 Å². The molecule has 0 saturated heterocycles. The Labute approximate surface area is 68.0 Å². The third-order valence-corrected chi connectivity index (χ3v) is 1.42. The Morgan fingerprint density at radius 1 is 1.55 bits per heavy atom. The summed E-state index contributed by atoms with van der Waals surface area (Å²) >= 11 is 0. The van der Waals surface area contributed by atoms with Gasteiger partial charge in [-0.1, -0.05) is 33.4 Å². The summed E-state index contributed by atoms with van der Waals surface area (Å²) in [7, 11) is 0. The highest BCUT2D eigenvalue weighted by Crippen LogP contribution is 2.26. The first-order valence-corrected chi connectivity index (χ1v) is 3.46. The minimum Gasteiger partial charge on any atom is -0.390 e. The summed E-state index contributed by atoms with van der Waals surface area (Å²) in [5.74, 6) is 0. The molecule has 0 heterocycles. The maximum Gasteiger partial charge on any atom is 0.117 e. The number of allylic oxidation sites excluding steroid dienone is 3. The van der Waals surface area contributed by atoms with Crippen LogP contribution >= 0.6 is 0 Å². The van der Waals surface area contributed by atoms with E-state index >= 15 is 0 Å². The number of nitrogens with two attached hydrogens (primary N) is 1. The predicted molar refractivity (Wildman–Crippen MR) is 46.5 cm³/mol. The van der Waals surface area contributed by atoms with Crippen LogP contribution in [0.4, 0.5) is 0 Å². The lowest BCUT2D eigenvalue weighted by Crippen LogP contribution is -2.13. The molecule has 2 N–H and O–H groups in total. The summed E-state index contributed by atoms with van der Waals surface area (Å²) in [5, 5.41) is 8.52. The van der Waals surface area contributed by atoms with Gasteiger partial charge >= 0.3 is 0 Å². The lowest BCUT2D eigenvalue weighted by molar-refractivity contribution is 0.513. The third kappa shape index (κ3) is 2.46. The van der Waals surface area contributed by atoms with Gasteiger partial charge in [0.25, 0.3) is 0 Å². The van der Waals surface area contributed by atoms with E-state index in [1.54, 1.807) is 6.08 Å². The second-order valence-corrected chi connectivity index (χ2v) is 3.39. The van der Waals surface area contributed by atoms with Crippen LogP contribution in [-0.4, -0.2) is 0 Å². The number of nitrogens with zero attached hydrogens (tertiary/aromatic N) is 1. The molecule has 2 heteroatoms. The maximum atomic E-state index is 8.52. The number of hydrogen-bond donors (Lipinski definition) is 1. The zero-order valence-corrected chi connectivity index (χ0v) is 7.31. The van der Waals surface area contributed by atoms with E-state index in [1.165, 1.54) is 0 Å². The molecule has 0 spiro atoms.